The third-order valence-electron chi connectivity index (χ3n) is 2.33. The lowest BCUT2D eigenvalue weighted by atomic mass is 10.1. The fourth-order valence-electron chi connectivity index (χ4n) is 1.62. The molecule has 1 rings (SSSR count). The summed E-state index contributed by atoms with van der Waals surface area (Å²) in [4.78, 5) is 21.4. The number of nitrogens with one attached hydrogen (secondary N) is 1. The first-order valence-corrected chi connectivity index (χ1v) is 4.35. The summed E-state index contributed by atoms with van der Waals surface area (Å²) >= 11 is 0. The quantitative estimate of drug-likeness (QED) is 0.544. The zero-order valence-electron chi connectivity index (χ0n) is 7.32. The molecule has 0 heterocycles. The lowest BCUT2D eigenvalue weighted by molar-refractivity contribution is -0.141. The number of carbonyl (C=O) groups is 2. The molecule has 1 aliphatic carbocycles. The Kier molecular flexibility index (Phi) is 3.25. The van der Waals surface area contributed by atoms with Gasteiger partial charge in [0.15, 0.2) is 0 Å². The third kappa shape index (κ3) is 2.69. The van der Waals surface area contributed by atoms with E-state index in [4.69, 9.17) is 10.8 Å². The fourth-order valence-corrected chi connectivity index (χ4v) is 1.62. The van der Waals surface area contributed by atoms with Gasteiger partial charge >= 0.3 is 5.97 Å². The van der Waals surface area contributed by atoms with Crippen molar-refractivity contribution in [1.82, 2.24) is 5.32 Å². The van der Waals surface area contributed by atoms with E-state index in [1.807, 2.05) is 0 Å². The summed E-state index contributed by atoms with van der Waals surface area (Å²) in [5.74, 6) is -1.29. The number of carboxylic acids is 1. The van der Waals surface area contributed by atoms with Crippen LogP contribution in [0.3, 0.4) is 0 Å². The third-order valence-corrected chi connectivity index (χ3v) is 2.33. The zero-order chi connectivity index (χ0) is 9.84. The Bertz CT molecular complexity index is 217. The first-order chi connectivity index (χ1) is 6.13. The number of aliphatic carboxylic acids is 1. The minimum atomic E-state index is -0.774. The van der Waals surface area contributed by atoms with Crippen molar-refractivity contribution in [1.29, 1.82) is 0 Å². The highest BCUT2D eigenvalue weighted by Gasteiger charge is 2.30. The summed E-state index contributed by atoms with van der Waals surface area (Å²) in [6, 6.07) is -0.00264. The average molecular weight is 186 g/mol. The molecule has 0 aromatic heterocycles. The smallest absolute Gasteiger partial charge is 0.306 e. The summed E-state index contributed by atoms with van der Waals surface area (Å²) in [5, 5.41) is 11.4. The summed E-state index contributed by atoms with van der Waals surface area (Å²) in [6.07, 6.45) is 1.91. The molecule has 0 aliphatic heterocycles. The second kappa shape index (κ2) is 4.23. The van der Waals surface area contributed by atoms with Gasteiger partial charge in [0.1, 0.15) is 0 Å². The topological polar surface area (TPSA) is 92.4 Å². The van der Waals surface area contributed by atoms with E-state index >= 15 is 0 Å². The Morgan fingerprint density at radius 3 is 2.62 bits per heavy atom. The number of nitrogens with two attached hydrogens (primary N) is 1. The lowest BCUT2D eigenvalue weighted by Crippen LogP contribution is -2.37. The van der Waals surface area contributed by atoms with E-state index in [-0.39, 0.29) is 24.4 Å². The maximum Gasteiger partial charge on any atom is 0.306 e. The molecule has 5 heteroatoms. The Labute approximate surface area is 76.3 Å². The molecular formula is C8H14N2O3. The van der Waals surface area contributed by atoms with Crippen molar-refractivity contribution in [3.63, 3.8) is 0 Å². The van der Waals surface area contributed by atoms with E-state index in [9.17, 15) is 9.59 Å². The van der Waals surface area contributed by atoms with Gasteiger partial charge in [0.2, 0.25) is 5.91 Å². The van der Waals surface area contributed by atoms with Crippen LogP contribution in [-0.4, -0.2) is 29.6 Å². The summed E-state index contributed by atoms with van der Waals surface area (Å²) < 4.78 is 0. The van der Waals surface area contributed by atoms with Gasteiger partial charge in [-0.15, -0.1) is 0 Å². The molecule has 0 unspecified atom stereocenters. The Balaban J connectivity index is 2.33. The highest BCUT2D eigenvalue weighted by Crippen LogP contribution is 2.25. The Morgan fingerprint density at radius 1 is 1.46 bits per heavy atom. The van der Waals surface area contributed by atoms with Gasteiger partial charge in [-0.3, -0.25) is 9.59 Å². The Hall–Kier alpha value is -1.10. The van der Waals surface area contributed by atoms with E-state index in [0.29, 0.717) is 12.8 Å². The monoisotopic (exact) mass is 186 g/mol. The molecule has 5 nitrogen and oxygen atoms in total. The second-order valence-corrected chi connectivity index (χ2v) is 3.32. The van der Waals surface area contributed by atoms with Crippen molar-refractivity contribution < 1.29 is 14.7 Å². The number of rotatable bonds is 3. The lowest BCUT2D eigenvalue weighted by Gasteiger charge is -2.10. The van der Waals surface area contributed by atoms with Crippen LogP contribution in [0.15, 0.2) is 0 Å². The molecule has 0 saturated heterocycles. The Morgan fingerprint density at radius 2 is 2.15 bits per heavy atom. The van der Waals surface area contributed by atoms with Gasteiger partial charge in [-0.25, -0.2) is 0 Å². The molecule has 0 spiro atoms. The SMILES string of the molecule is NCC(=O)N[C@@H]1CC[C@H](C(=O)O)C1. The number of carboxylic acid groups (broad SMARTS) is 1. The van der Waals surface area contributed by atoms with E-state index in [1.165, 1.54) is 0 Å². The van der Waals surface area contributed by atoms with Crippen LogP contribution in [0.5, 0.6) is 0 Å². The van der Waals surface area contributed by atoms with Gasteiger partial charge in [-0.05, 0) is 19.3 Å². The van der Waals surface area contributed by atoms with Crippen molar-refractivity contribution >= 4 is 11.9 Å². The van der Waals surface area contributed by atoms with E-state index in [2.05, 4.69) is 5.32 Å². The van der Waals surface area contributed by atoms with Gasteiger partial charge in [-0.2, -0.15) is 0 Å². The number of carbonyl (C=O) groups excluding carboxylic acids is 1. The molecule has 1 aliphatic rings. The molecular weight excluding hydrogens is 172 g/mol. The molecule has 74 valence electrons. The molecule has 1 amide bonds. The molecule has 0 aromatic rings. The predicted octanol–water partition coefficient (Wildman–Crippen LogP) is -0.685. The molecule has 1 fully saturated rings. The van der Waals surface area contributed by atoms with Crippen LogP contribution in [-0.2, 0) is 9.59 Å². The second-order valence-electron chi connectivity index (χ2n) is 3.32. The standard InChI is InChI=1S/C8H14N2O3/c9-4-7(11)10-6-2-1-5(3-6)8(12)13/h5-6H,1-4,9H2,(H,10,11)(H,12,13)/t5-,6+/m0/s1. The minimum absolute atomic E-state index is 0.00264. The van der Waals surface area contributed by atoms with Gasteiger partial charge in [0.25, 0.3) is 0 Å². The van der Waals surface area contributed by atoms with Crippen molar-refractivity contribution in [3.05, 3.63) is 0 Å². The normalized spacial score (nSPS) is 27.2. The average Bonchev–Trinajstić information content (AvgIpc) is 2.52. The first-order valence-electron chi connectivity index (χ1n) is 4.35. The highest BCUT2D eigenvalue weighted by molar-refractivity contribution is 5.78. The molecule has 2 atom stereocenters. The largest absolute Gasteiger partial charge is 0.481 e. The number of hydrogen-bond acceptors (Lipinski definition) is 3. The summed E-state index contributed by atoms with van der Waals surface area (Å²) in [5.41, 5.74) is 5.12. The van der Waals surface area contributed by atoms with E-state index in [1.54, 1.807) is 0 Å². The van der Waals surface area contributed by atoms with Gasteiger partial charge in [-0.1, -0.05) is 0 Å². The molecule has 1 saturated carbocycles. The first kappa shape index (κ1) is 9.98. The van der Waals surface area contributed by atoms with Crippen molar-refractivity contribution in [2.75, 3.05) is 6.54 Å². The molecule has 0 radical (unpaired) electrons. The van der Waals surface area contributed by atoms with Crippen LogP contribution in [0.2, 0.25) is 0 Å². The van der Waals surface area contributed by atoms with Crippen LogP contribution >= 0.6 is 0 Å². The van der Waals surface area contributed by atoms with Crippen molar-refractivity contribution in [2.45, 2.75) is 25.3 Å². The summed E-state index contributed by atoms with van der Waals surface area (Å²) in [7, 11) is 0. The molecule has 0 aromatic carbocycles. The predicted molar refractivity (Wildman–Crippen MR) is 46.0 cm³/mol. The highest BCUT2D eigenvalue weighted by atomic mass is 16.4. The van der Waals surface area contributed by atoms with E-state index < -0.39 is 5.97 Å². The molecule has 4 N–H and O–H groups in total. The van der Waals surface area contributed by atoms with Crippen molar-refractivity contribution in [3.8, 4) is 0 Å². The zero-order valence-corrected chi connectivity index (χ0v) is 7.32. The van der Waals surface area contributed by atoms with Crippen LogP contribution in [0.25, 0.3) is 0 Å². The fraction of sp³-hybridized carbons (Fsp3) is 0.750. The van der Waals surface area contributed by atoms with Crippen LogP contribution in [0.1, 0.15) is 19.3 Å². The van der Waals surface area contributed by atoms with Crippen LogP contribution in [0, 0.1) is 5.92 Å². The maximum absolute atomic E-state index is 10.9. The molecule has 0 bridgehead atoms. The van der Waals surface area contributed by atoms with Crippen molar-refractivity contribution in [2.24, 2.45) is 11.7 Å². The van der Waals surface area contributed by atoms with Gasteiger partial charge in [0.05, 0.1) is 12.5 Å². The van der Waals surface area contributed by atoms with Crippen LogP contribution in [0.4, 0.5) is 0 Å². The van der Waals surface area contributed by atoms with Gasteiger partial charge < -0.3 is 16.2 Å². The van der Waals surface area contributed by atoms with Gasteiger partial charge in [0, 0.05) is 6.04 Å². The maximum atomic E-state index is 10.9. The number of hydrogen-bond donors (Lipinski definition) is 3. The van der Waals surface area contributed by atoms with E-state index in [0.717, 1.165) is 6.42 Å². The van der Waals surface area contributed by atoms with Crippen LogP contribution < -0.4 is 11.1 Å². The number of amides is 1. The minimum Gasteiger partial charge on any atom is -0.481 e. The summed E-state index contributed by atoms with van der Waals surface area (Å²) in [6.45, 7) is -0.0335. The molecule has 13 heavy (non-hydrogen) atoms.